The number of amides is 3. The number of carbonyl (C=O) groups is 3. The number of nitrogens with one attached hydrogen (secondary N) is 4. The number of thiocarbonyl (C=S) groups is 1. The van der Waals surface area contributed by atoms with Crippen molar-refractivity contribution in [2.75, 3.05) is 5.32 Å². The molecule has 0 saturated heterocycles. The van der Waals surface area contributed by atoms with Gasteiger partial charge in [0.2, 0.25) is 5.91 Å². The lowest BCUT2D eigenvalue weighted by molar-refractivity contribution is -0.116. The third-order valence-corrected chi connectivity index (χ3v) is 4.31. The molecule has 3 amide bonds. The molecule has 2 aromatic carbocycles. The molecule has 10 heteroatoms. The molecule has 0 unspecified atom stereocenters. The number of anilines is 1. The van der Waals surface area contributed by atoms with E-state index in [-0.39, 0.29) is 22.5 Å². The van der Waals surface area contributed by atoms with Gasteiger partial charge in [0, 0.05) is 33.3 Å². The Morgan fingerprint density at radius 1 is 0.900 bits per heavy atom. The van der Waals surface area contributed by atoms with Gasteiger partial charge in [-0.05, 0) is 60.6 Å². The van der Waals surface area contributed by atoms with E-state index in [1.54, 1.807) is 24.3 Å². The molecule has 4 N–H and O–H groups in total. The molecule has 0 aliphatic heterocycles. The van der Waals surface area contributed by atoms with Crippen LogP contribution in [0.15, 0.2) is 42.5 Å². The van der Waals surface area contributed by atoms with E-state index in [4.69, 9.17) is 35.4 Å². The van der Waals surface area contributed by atoms with E-state index in [0.29, 0.717) is 27.7 Å². The van der Waals surface area contributed by atoms with E-state index < -0.39 is 11.8 Å². The second kappa shape index (κ2) is 10.9. The van der Waals surface area contributed by atoms with Gasteiger partial charge in [-0.25, -0.2) is 0 Å². The third kappa shape index (κ3) is 7.62. The molecule has 0 aliphatic rings. The van der Waals surface area contributed by atoms with Crippen LogP contribution < -0.4 is 21.5 Å². The maximum absolute atomic E-state index is 12.2. The number of benzene rings is 2. The van der Waals surface area contributed by atoms with E-state index in [0.717, 1.165) is 0 Å². The maximum atomic E-state index is 12.2. The molecular formula is C20H20Cl2N4O3S. The maximum Gasteiger partial charge on any atom is 0.269 e. The Morgan fingerprint density at radius 3 is 2.07 bits per heavy atom. The largest absolute Gasteiger partial charge is 0.326 e. The highest BCUT2D eigenvalue weighted by atomic mass is 35.5. The first-order valence-corrected chi connectivity index (χ1v) is 10.1. The smallest absolute Gasteiger partial charge is 0.269 e. The molecule has 0 aromatic heterocycles. The van der Waals surface area contributed by atoms with E-state index >= 15 is 0 Å². The topological polar surface area (TPSA) is 99.3 Å². The lowest BCUT2D eigenvalue weighted by Gasteiger charge is -2.12. The molecule has 0 heterocycles. The molecule has 0 saturated carbocycles. The molecule has 30 heavy (non-hydrogen) atoms. The fraction of sp³-hybridized carbons (Fsp3) is 0.200. The van der Waals surface area contributed by atoms with E-state index in [1.807, 2.05) is 13.8 Å². The van der Waals surface area contributed by atoms with Crippen LogP contribution in [0.25, 0.3) is 0 Å². The fourth-order valence-corrected chi connectivity index (χ4v) is 3.03. The van der Waals surface area contributed by atoms with Crippen LogP contribution in [0.1, 0.15) is 41.0 Å². The summed E-state index contributed by atoms with van der Waals surface area (Å²) < 4.78 is 0. The number of rotatable bonds is 5. The minimum absolute atomic E-state index is 0.0917. The molecule has 0 aliphatic carbocycles. The summed E-state index contributed by atoms with van der Waals surface area (Å²) in [6.07, 6.45) is 0.413. The van der Waals surface area contributed by atoms with Gasteiger partial charge in [-0.3, -0.25) is 30.6 Å². The summed E-state index contributed by atoms with van der Waals surface area (Å²) in [5.74, 6) is -0.850. The van der Waals surface area contributed by atoms with Crippen LogP contribution in [0.5, 0.6) is 0 Å². The normalized spacial score (nSPS) is 10.3. The molecule has 2 aromatic rings. The summed E-state index contributed by atoms with van der Waals surface area (Å²) in [7, 11) is 0. The molecule has 0 fully saturated rings. The summed E-state index contributed by atoms with van der Waals surface area (Å²) in [5, 5.41) is 5.68. The zero-order valence-corrected chi connectivity index (χ0v) is 18.5. The Bertz CT molecular complexity index is 945. The van der Waals surface area contributed by atoms with Crippen molar-refractivity contribution in [3.05, 3.63) is 63.6 Å². The van der Waals surface area contributed by atoms with Gasteiger partial charge in [0.1, 0.15) is 0 Å². The third-order valence-electron chi connectivity index (χ3n) is 3.67. The van der Waals surface area contributed by atoms with Gasteiger partial charge >= 0.3 is 0 Å². The van der Waals surface area contributed by atoms with E-state index in [2.05, 4.69) is 21.5 Å². The van der Waals surface area contributed by atoms with Crippen molar-refractivity contribution in [2.45, 2.75) is 20.3 Å². The fourth-order valence-electron chi connectivity index (χ4n) is 2.36. The molecule has 158 valence electrons. The van der Waals surface area contributed by atoms with Gasteiger partial charge in [0.05, 0.1) is 0 Å². The summed E-state index contributed by atoms with van der Waals surface area (Å²) in [4.78, 5) is 36.2. The van der Waals surface area contributed by atoms with Crippen molar-refractivity contribution in [1.29, 1.82) is 0 Å². The number of hydrazine groups is 1. The quantitative estimate of drug-likeness (QED) is 0.395. The van der Waals surface area contributed by atoms with Gasteiger partial charge in [-0.2, -0.15) is 0 Å². The zero-order valence-electron chi connectivity index (χ0n) is 16.2. The Labute approximate surface area is 189 Å². The van der Waals surface area contributed by atoms with Crippen LogP contribution in [0.2, 0.25) is 10.0 Å². The van der Waals surface area contributed by atoms with Gasteiger partial charge in [-0.15, -0.1) is 0 Å². The first kappa shape index (κ1) is 23.6. The Hall–Kier alpha value is -2.68. The Morgan fingerprint density at radius 2 is 1.50 bits per heavy atom. The van der Waals surface area contributed by atoms with Crippen LogP contribution >= 0.6 is 35.4 Å². The zero-order chi connectivity index (χ0) is 22.3. The molecule has 7 nitrogen and oxygen atoms in total. The summed E-state index contributed by atoms with van der Waals surface area (Å²) in [6, 6.07) is 10.7. The van der Waals surface area contributed by atoms with Crippen molar-refractivity contribution in [3.8, 4) is 0 Å². The van der Waals surface area contributed by atoms with E-state index in [9.17, 15) is 14.4 Å². The van der Waals surface area contributed by atoms with Crippen molar-refractivity contribution < 1.29 is 14.4 Å². The molecule has 0 bridgehead atoms. The second-order valence-electron chi connectivity index (χ2n) is 6.74. The summed E-state index contributed by atoms with van der Waals surface area (Å²) >= 11 is 16.7. The summed E-state index contributed by atoms with van der Waals surface area (Å²) in [5.41, 5.74) is 5.97. The minimum Gasteiger partial charge on any atom is -0.326 e. The van der Waals surface area contributed by atoms with Crippen LogP contribution in [-0.4, -0.2) is 22.8 Å². The van der Waals surface area contributed by atoms with Crippen LogP contribution in [0, 0.1) is 5.92 Å². The van der Waals surface area contributed by atoms with Gasteiger partial charge < -0.3 is 5.32 Å². The number of halogens is 2. The average Bonchev–Trinajstić information content (AvgIpc) is 2.65. The first-order chi connectivity index (χ1) is 14.1. The molecule has 0 spiro atoms. The van der Waals surface area contributed by atoms with Crippen LogP contribution in [0.3, 0.4) is 0 Å². The Balaban J connectivity index is 1.85. The van der Waals surface area contributed by atoms with Gasteiger partial charge in [-0.1, -0.05) is 37.0 Å². The monoisotopic (exact) mass is 466 g/mol. The SMILES string of the molecule is CC(C)CC(=O)Nc1ccc(C(=O)NNC(=S)NC(=O)c2cc(Cl)cc(Cl)c2)cc1. The Kier molecular flexibility index (Phi) is 8.58. The highest BCUT2D eigenvalue weighted by Crippen LogP contribution is 2.19. The second-order valence-corrected chi connectivity index (χ2v) is 8.03. The molecular weight excluding hydrogens is 447 g/mol. The predicted molar refractivity (Wildman–Crippen MR) is 122 cm³/mol. The first-order valence-electron chi connectivity index (χ1n) is 8.91. The van der Waals surface area contributed by atoms with Crippen molar-refractivity contribution in [2.24, 2.45) is 5.92 Å². The van der Waals surface area contributed by atoms with E-state index in [1.165, 1.54) is 18.2 Å². The van der Waals surface area contributed by atoms with Gasteiger partial charge in [0.25, 0.3) is 11.8 Å². The van der Waals surface area contributed by atoms with Crippen molar-refractivity contribution >= 4 is 63.9 Å². The number of carbonyl (C=O) groups excluding carboxylic acids is 3. The highest BCUT2D eigenvalue weighted by Gasteiger charge is 2.12. The van der Waals surface area contributed by atoms with Gasteiger partial charge in [0.15, 0.2) is 5.11 Å². The molecule has 2 rings (SSSR count). The standard InChI is InChI=1S/C20H20Cl2N4O3S/c1-11(2)7-17(27)23-16-5-3-12(4-6-16)19(29)25-26-20(30)24-18(28)13-8-14(21)10-15(22)9-13/h3-6,8-11H,7H2,1-2H3,(H,23,27)(H,25,29)(H2,24,26,28,30). The lowest BCUT2D eigenvalue weighted by Crippen LogP contribution is -2.48. The minimum atomic E-state index is -0.535. The molecule has 0 atom stereocenters. The lowest BCUT2D eigenvalue weighted by atomic mass is 10.1. The average molecular weight is 467 g/mol. The number of hydrogen-bond acceptors (Lipinski definition) is 4. The number of hydrogen-bond donors (Lipinski definition) is 4. The predicted octanol–water partition coefficient (Wildman–Crippen LogP) is 3.93. The van der Waals surface area contributed by atoms with Crippen molar-refractivity contribution in [1.82, 2.24) is 16.2 Å². The van der Waals surface area contributed by atoms with Crippen LogP contribution in [-0.2, 0) is 4.79 Å². The van der Waals surface area contributed by atoms with Crippen molar-refractivity contribution in [3.63, 3.8) is 0 Å². The summed E-state index contributed by atoms with van der Waals surface area (Å²) in [6.45, 7) is 3.91. The molecule has 0 radical (unpaired) electrons. The van der Waals surface area contributed by atoms with Crippen LogP contribution in [0.4, 0.5) is 5.69 Å². The highest BCUT2D eigenvalue weighted by molar-refractivity contribution is 7.80.